The van der Waals surface area contributed by atoms with Crippen LogP contribution in [0.5, 0.6) is 0 Å². The molecule has 1 fully saturated rings. The largest absolute Gasteiger partial charge is 0.458 e. The van der Waals surface area contributed by atoms with E-state index in [1.807, 2.05) is 0 Å². The van der Waals surface area contributed by atoms with Crippen molar-refractivity contribution in [3.8, 4) is 5.69 Å². The van der Waals surface area contributed by atoms with E-state index in [4.69, 9.17) is 16.3 Å². The van der Waals surface area contributed by atoms with Crippen LogP contribution in [-0.4, -0.2) is 27.6 Å². The minimum absolute atomic E-state index is 0.00535. The van der Waals surface area contributed by atoms with Gasteiger partial charge in [0.1, 0.15) is 11.9 Å². The lowest BCUT2D eigenvalue weighted by atomic mass is 10.00. The maximum Gasteiger partial charge on any atom is 0.359 e. The first kappa shape index (κ1) is 17.1. The second kappa shape index (κ2) is 6.56. The van der Waals surface area contributed by atoms with Gasteiger partial charge in [0.15, 0.2) is 5.69 Å². The molecule has 0 unspecified atom stereocenters. The molecule has 28 heavy (non-hydrogen) atoms. The number of halogens is 2. The summed E-state index contributed by atoms with van der Waals surface area (Å²) in [6.45, 7) is 0.250. The number of aromatic nitrogens is 2. The maximum absolute atomic E-state index is 14.5. The maximum atomic E-state index is 14.5. The Balaban J connectivity index is 1.64. The Bertz CT molecular complexity index is 1130. The summed E-state index contributed by atoms with van der Waals surface area (Å²) in [5.41, 5.74) is 3.20. The molecule has 1 aliphatic carbocycles. The molecule has 7 heteroatoms. The Morgan fingerprint density at radius 1 is 1.14 bits per heavy atom. The smallest absolute Gasteiger partial charge is 0.359 e. The average molecular weight is 396 g/mol. The highest BCUT2D eigenvalue weighted by molar-refractivity contribution is 6.31. The fourth-order valence-corrected chi connectivity index (χ4v) is 3.42. The number of carbonyl (C=O) groups excluding carboxylic acids is 1. The third kappa shape index (κ3) is 2.99. The number of fused-ring (bicyclic) bond motifs is 3. The molecule has 140 valence electrons. The first-order chi connectivity index (χ1) is 13.6. The minimum Gasteiger partial charge on any atom is -0.458 e. The van der Waals surface area contributed by atoms with Crippen LogP contribution >= 0.6 is 11.6 Å². The van der Waals surface area contributed by atoms with Gasteiger partial charge in [-0.15, -0.1) is 0 Å². The SMILES string of the molecule is O=C(OC1CC1)c1cc2n(n1)-c1ccc(Cl)cc1C(c1ccccc1F)=NC2. The van der Waals surface area contributed by atoms with Gasteiger partial charge in [0.25, 0.3) is 0 Å². The number of hydrogen-bond acceptors (Lipinski definition) is 4. The van der Waals surface area contributed by atoms with Crippen molar-refractivity contribution in [1.29, 1.82) is 0 Å². The Morgan fingerprint density at radius 3 is 2.75 bits per heavy atom. The predicted octanol–water partition coefficient (Wildman–Crippen LogP) is 4.34. The van der Waals surface area contributed by atoms with Gasteiger partial charge in [-0.25, -0.2) is 13.9 Å². The monoisotopic (exact) mass is 395 g/mol. The van der Waals surface area contributed by atoms with E-state index in [2.05, 4.69) is 10.1 Å². The van der Waals surface area contributed by atoms with Crippen LogP contribution in [0.4, 0.5) is 4.39 Å². The average Bonchev–Trinajstić information content (AvgIpc) is 3.42. The van der Waals surface area contributed by atoms with Crippen LogP contribution in [0.2, 0.25) is 5.02 Å². The number of aliphatic imine (C=N–C) groups is 1. The van der Waals surface area contributed by atoms with Crippen LogP contribution in [0.1, 0.15) is 40.2 Å². The highest BCUT2D eigenvalue weighted by atomic mass is 35.5. The molecule has 0 bridgehead atoms. The topological polar surface area (TPSA) is 56.5 Å². The first-order valence-corrected chi connectivity index (χ1v) is 9.37. The zero-order valence-electron chi connectivity index (χ0n) is 14.7. The van der Waals surface area contributed by atoms with Gasteiger partial charge in [0.05, 0.1) is 23.6 Å². The Hall–Kier alpha value is -2.99. The van der Waals surface area contributed by atoms with Crippen molar-refractivity contribution in [3.63, 3.8) is 0 Å². The second-order valence-corrected chi connectivity index (χ2v) is 7.28. The molecule has 0 amide bonds. The molecule has 0 N–H and O–H groups in total. The summed E-state index contributed by atoms with van der Waals surface area (Å²) in [6, 6.07) is 13.4. The summed E-state index contributed by atoms with van der Waals surface area (Å²) in [5, 5.41) is 4.95. The standard InChI is InChI=1S/C21H15ClFN3O2/c22-12-5-8-19-16(9-12)20(15-3-1-2-4-17(15)23)24-11-13-10-18(25-26(13)19)21(27)28-14-6-7-14/h1-5,8-10,14H,6-7,11H2. The Morgan fingerprint density at radius 2 is 1.96 bits per heavy atom. The van der Waals surface area contributed by atoms with E-state index in [1.54, 1.807) is 47.1 Å². The zero-order valence-corrected chi connectivity index (χ0v) is 15.5. The number of ether oxygens (including phenoxy) is 1. The molecule has 2 aromatic carbocycles. The molecular weight excluding hydrogens is 381 g/mol. The molecule has 1 saturated carbocycles. The van der Waals surface area contributed by atoms with E-state index in [0.29, 0.717) is 27.5 Å². The van der Waals surface area contributed by atoms with Gasteiger partial charge in [-0.05, 0) is 49.2 Å². The van der Waals surface area contributed by atoms with Gasteiger partial charge in [-0.1, -0.05) is 23.7 Å². The van der Waals surface area contributed by atoms with E-state index >= 15 is 0 Å². The Labute approximate surface area is 165 Å². The second-order valence-electron chi connectivity index (χ2n) is 6.84. The number of carbonyl (C=O) groups is 1. The van der Waals surface area contributed by atoms with Crippen molar-refractivity contribution >= 4 is 23.3 Å². The summed E-state index contributed by atoms with van der Waals surface area (Å²) < 4.78 is 21.5. The number of benzene rings is 2. The van der Waals surface area contributed by atoms with Crippen molar-refractivity contribution in [2.24, 2.45) is 4.99 Å². The number of rotatable bonds is 3. The van der Waals surface area contributed by atoms with Gasteiger partial charge in [-0.2, -0.15) is 5.10 Å². The molecule has 1 aliphatic heterocycles. The molecule has 1 aromatic heterocycles. The lowest BCUT2D eigenvalue weighted by Crippen LogP contribution is -2.11. The fourth-order valence-electron chi connectivity index (χ4n) is 3.25. The van der Waals surface area contributed by atoms with Crippen LogP contribution in [0.25, 0.3) is 5.69 Å². The molecule has 3 aromatic rings. The minimum atomic E-state index is -0.433. The summed E-state index contributed by atoms with van der Waals surface area (Å²) >= 11 is 6.22. The summed E-state index contributed by atoms with van der Waals surface area (Å²) in [7, 11) is 0. The summed E-state index contributed by atoms with van der Waals surface area (Å²) in [5.74, 6) is -0.794. The molecule has 5 nitrogen and oxygen atoms in total. The molecule has 5 rings (SSSR count). The predicted molar refractivity (Wildman–Crippen MR) is 103 cm³/mol. The molecule has 0 atom stereocenters. The lowest BCUT2D eigenvalue weighted by molar-refractivity contribution is 0.0465. The fraction of sp³-hybridized carbons (Fsp3) is 0.190. The quantitative estimate of drug-likeness (QED) is 0.620. The third-order valence-electron chi connectivity index (χ3n) is 4.76. The van der Waals surface area contributed by atoms with E-state index in [9.17, 15) is 9.18 Å². The van der Waals surface area contributed by atoms with Gasteiger partial charge in [0, 0.05) is 16.1 Å². The van der Waals surface area contributed by atoms with Gasteiger partial charge < -0.3 is 4.74 Å². The van der Waals surface area contributed by atoms with Crippen molar-refractivity contribution in [1.82, 2.24) is 9.78 Å². The third-order valence-corrected chi connectivity index (χ3v) is 5.00. The summed E-state index contributed by atoms with van der Waals surface area (Å²) in [4.78, 5) is 16.9. The van der Waals surface area contributed by atoms with Gasteiger partial charge in [0.2, 0.25) is 0 Å². The number of nitrogens with zero attached hydrogens (tertiary/aromatic N) is 3. The lowest BCUT2D eigenvalue weighted by Gasteiger charge is -2.12. The Kier molecular flexibility index (Phi) is 4.02. The van der Waals surface area contributed by atoms with E-state index < -0.39 is 5.97 Å². The number of esters is 1. The summed E-state index contributed by atoms with van der Waals surface area (Å²) in [6.07, 6.45) is 1.80. The van der Waals surface area contributed by atoms with Gasteiger partial charge in [-0.3, -0.25) is 4.99 Å². The van der Waals surface area contributed by atoms with Crippen LogP contribution in [0.15, 0.2) is 53.5 Å². The van der Waals surface area contributed by atoms with E-state index in [0.717, 1.165) is 18.5 Å². The van der Waals surface area contributed by atoms with E-state index in [-0.39, 0.29) is 24.2 Å². The van der Waals surface area contributed by atoms with Gasteiger partial charge >= 0.3 is 5.97 Å². The normalized spacial score (nSPS) is 15.3. The highest BCUT2D eigenvalue weighted by Crippen LogP contribution is 2.29. The molecule has 0 radical (unpaired) electrons. The van der Waals surface area contributed by atoms with Crippen LogP contribution in [0, 0.1) is 5.82 Å². The van der Waals surface area contributed by atoms with E-state index in [1.165, 1.54) is 6.07 Å². The van der Waals surface area contributed by atoms with Crippen LogP contribution in [0.3, 0.4) is 0 Å². The van der Waals surface area contributed by atoms with Crippen LogP contribution in [-0.2, 0) is 11.3 Å². The van der Waals surface area contributed by atoms with Crippen molar-refractivity contribution in [2.75, 3.05) is 0 Å². The van der Waals surface area contributed by atoms with Crippen molar-refractivity contribution < 1.29 is 13.9 Å². The first-order valence-electron chi connectivity index (χ1n) is 9.00. The van der Waals surface area contributed by atoms with Crippen LogP contribution < -0.4 is 0 Å². The number of hydrogen-bond donors (Lipinski definition) is 0. The molecule has 2 heterocycles. The molecule has 2 aliphatic rings. The highest BCUT2D eigenvalue weighted by Gasteiger charge is 2.29. The van der Waals surface area contributed by atoms with Crippen molar-refractivity contribution in [2.45, 2.75) is 25.5 Å². The molecular formula is C21H15ClFN3O2. The molecule has 0 saturated heterocycles. The van der Waals surface area contributed by atoms with Crippen molar-refractivity contribution in [3.05, 3.63) is 81.9 Å². The zero-order chi connectivity index (χ0) is 19.3. The molecule has 0 spiro atoms.